The highest BCUT2D eigenvalue weighted by Gasteiger charge is 2.20. The molecule has 0 unspecified atom stereocenters. The van der Waals surface area contributed by atoms with Gasteiger partial charge in [-0.3, -0.25) is 4.79 Å². The fraction of sp³-hybridized carbons (Fsp3) is 0.818. The summed E-state index contributed by atoms with van der Waals surface area (Å²) in [4.78, 5) is 13.4. The molecule has 1 rings (SSSR count). The van der Waals surface area contributed by atoms with E-state index < -0.39 is 0 Å². The van der Waals surface area contributed by atoms with Crippen LogP contribution in [0.2, 0.25) is 0 Å². The first-order valence-electron chi connectivity index (χ1n) is 5.24. The van der Waals surface area contributed by atoms with Crippen LogP contribution in [0.15, 0.2) is 0 Å². The predicted molar refractivity (Wildman–Crippen MR) is 54.2 cm³/mol. The van der Waals surface area contributed by atoms with E-state index in [1.54, 1.807) is 4.90 Å². The highest BCUT2D eigenvalue weighted by atomic mass is 16.2. The maximum Gasteiger partial charge on any atom is 0.225 e. The molecule has 0 aromatic carbocycles. The minimum Gasteiger partial charge on any atom is -0.349 e. The first-order chi connectivity index (χ1) is 6.22. The second kappa shape index (κ2) is 5.25. The van der Waals surface area contributed by atoms with Crippen molar-refractivity contribution >= 4 is 5.91 Å². The molecule has 1 radical (unpaired) electrons. The van der Waals surface area contributed by atoms with Crippen LogP contribution in [0, 0.1) is 12.3 Å². The normalized spacial score (nSPS) is 20.5. The van der Waals surface area contributed by atoms with Crippen LogP contribution in [0.5, 0.6) is 0 Å². The van der Waals surface area contributed by atoms with Crippen molar-refractivity contribution in [2.24, 2.45) is 5.92 Å². The Balaban J connectivity index is 2.41. The SMILES string of the molecule is CN(C)C(=O)C1CCC[CH]CCC1. The zero-order valence-electron chi connectivity index (χ0n) is 8.75. The molecule has 1 amide bonds. The van der Waals surface area contributed by atoms with Gasteiger partial charge < -0.3 is 4.90 Å². The lowest BCUT2D eigenvalue weighted by molar-refractivity contribution is -0.133. The van der Waals surface area contributed by atoms with Gasteiger partial charge in [0.25, 0.3) is 0 Å². The van der Waals surface area contributed by atoms with Crippen molar-refractivity contribution in [1.82, 2.24) is 4.90 Å². The largest absolute Gasteiger partial charge is 0.349 e. The summed E-state index contributed by atoms with van der Waals surface area (Å²) in [5.41, 5.74) is 0. The molecule has 1 saturated carbocycles. The summed E-state index contributed by atoms with van der Waals surface area (Å²) < 4.78 is 0. The smallest absolute Gasteiger partial charge is 0.225 e. The molecule has 2 nitrogen and oxygen atoms in total. The summed E-state index contributed by atoms with van der Waals surface area (Å²) in [5, 5.41) is 0. The van der Waals surface area contributed by atoms with Gasteiger partial charge in [-0.2, -0.15) is 0 Å². The Morgan fingerprint density at radius 3 is 2.23 bits per heavy atom. The molecule has 0 bridgehead atoms. The van der Waals surface area contributed by atoms with Crippen molar-refractivity contribution in [2.75, 3.05) is 14.1 Å². The van der Waals surface area contributed by atoms with Gasteiger partial charge in [0.1, 0.15) is 0 Å². The van der Waals surface area contributed by atoms with Gasteiger partial charge in [0, 0.05) is 20.0 Å². The van der Waals surface area contributed by atoms with Gasteiger partial charge in [-0.25, -0.2) is 0 Å². The summed E-state index contributed by atoms with van der Waals surface area (Å²) in [5.74, 6) is 0.616. The molecule has 1 fully saturated rings. The van der Waals surface area contributed by atoms with E-state index in [1.807, 2.05) is 14.1 Å². The molecule has 0 N–H and O–H groups in total. The number of hydrogen-bond acceptors (Lipinski definition) is 1. The van der Waals surface area contributed by atoms with Crippen molar-refractivity contribution in [3.05, 3.63) is 6.42 Å². The van der Waals surface area contributed by atoms with Gasteiger partial charge in [0.15, 0.2) is 0 Å². The van der Waals surface area contributed by atoms with Gasteiger partial charge in [-0.1, -0.05) is 25.7 Å². The quantitative estimate of drug-likeness (QED) is 0.609. The Kier molecular flexibility index (Phi) is 4.26. The van der Waals surface area contributed by atoms with Crippen molar-refractivity contribution in [3.63, 3.8) is 0 Å². The molecule has 0 atom stereocenters. The maximum atomic E-state index is 11.7. The second-order valence-electron chi connectivity index (χ2n) is 4.08. The van der Waals surface area contributed by atoms with E-state index in [2.05, 4.69) is 6.42 Å². The van der Waals surface area contributed by atoms with E-state index in [4.69, 9.17) is 0 Å². The number of amides is 1. The van der Waals surface area contributed by atoms with Gasteiger partial charge >= 0.3 is 0 Å². The summed E-state index contributed by atoms with van der Waals surface area (Å²) in [6.07, 6.45) is 9.26. The lowest BCUT2D eigenvalue weighted by atomic mass is 9.90. The molecule has 0 spiro atoms. The summed E-state index contributed by atoms with van der Waals surface area (Å²) >= 11 is 0. The van der Waals surface area contributed by atoms with Crippen LogP contribution in [-0.2, 0) is 4.79 Å². The van der Waals surface area contributed by atoms with Crippen LogP contribution in [0.1, 0.15) is 38.5 Å². The fourth-order valence-corrected chi connectivity index (χ4v) is 1.92. The van der Waals surface area contributed by atoms with Crippen molar-refractivity contribution in [2.45, 2.75) is 38.5 Å². The van der Waals surface area contributed by atoms with Crippen molar-refractivity contribution in [3.8, 4) is 0 Å². The van der Waals surface area contributed by atoms with Crippen LogP contribution < -0.4 is 0 Å². The van der Waals surface area contributed by atoms with E-state index in [0.29, 0.717) is 11.8 Å². The van der Waals surface area contributed by atoms with Crippen molar-refractivity contribution < 1.29 is 4.79 Å². The molecule has 0 aromatic heterocycles. The molecule has 1 aliphatic rings. The molecule has 1 aliphatic carbocycles. The Morgan fingerprint density at radius 2 is 1.77 bits per heavy atom. The second-order valence-corrected chi connectivity index (χ2v) is 4.08. The summed E-state index contributed by atoms with van der Waals surface area (Å²) in [6.45, 7) is 0. The molecule has 75 valence electrons. The first-order valence-corrected chi connectivity index (χ1v) is 5.24. The molecular formula is C11H20NO. The third kappa shape index (κ3) is 3.37. The summed E-state index contributed by atoms with van der Waals surface area (Å²) in [6, 6.07) is 0. The minimum absolute atomic E-state index is 0.295. The predicted octanol–water partition coefficient (Wildman–Crippen LogP) is 2.25. The molecule has 0 heterocycles. The third-order valence-corrected chi connectivity index (χ3v) is 2.71. The monoisotopic (exact) mass is 182 g/mol. The lowest BCUT2D eigenvalue weighted by Gasteiger charge is -2.22. The molecule has 13 heavy (non-hydrogen) atoms. The molecular weight excluding hydrogens is 162 g/mol. The standard InChI is InChI=1S/C11H20NO/c1-12(2)11(13)10-8-6-4-3-5-7-9-10/h3,10H,4-9H2,1-2H3. The Bertz CT molecular complexity index is 157. The van der Waals surface area contributed by atoms with Crippen LogP contribution in [-0.4, -0.2) is 24.9 Å². The Hall–Kier alpha value is -0.530. The van der Waals surface area contributed by atoms with E-state index in [-0.39, 0.29) is 0 Å². The lowest BCUT2D eigenvalue weighted by Crippen LogP contribution is -2.30. The molecule has 0 aliphatic heterocycles. The van der Waals surface area contributed by atoms with E-state index >= 15 is 0 Å². The Morgan fingerprint density at radius 1 is 1.23 bits per heavy atom. The highest BCUT2D eigenvalue weighted by Crippen LogP contribution is 2.22. The number of rotatable bonds is 1. The van der Waals surface area contributed by atoms with Gasteiger partial charge in [0.2, 0.25) is 5.91 Å². The van der Waals surface area contributed by atoms with E-state index in [9.17, 15) is 4.79 Å². The van der Waals surface area contributed by atoms with Crippen LogP contribution in [0.25, 0.3) is 0 Å². The molecule has 0 saturated heterocycles. The summed E-state index contributed by atoms with van der Waals surface area (Å²) in [7, 11) is 3.71. The zero-order chi connectivity index (χ0) is 9.68. The topological polar surface area (TPSA) is 20.3 Å². The Labute approximate surface area is 81.3 Å². The van der Waals surface area contributed by atoms with Gasteiger partial charge in [0.05, 0.1) is 0 Å². The zero-order valence-corrected chi connectivity index (χ0v) is 8.75. The highest BCUT2D eigenvalue weighted by molar-refractivity contribution is 5.78. The number of carbonyl (C=O) groups is 1. The average Bonchev–Trinajstić information content (AvgIpc) is 2.02. The number of nitrogens with zero attached hydrogens (tertiary/aromatic N) is 1. The average molecular weight is 182 g/mol. The number of carbonyl (C=O) groups excluding carboxylic acids is 1. The van der Waals surface area contributed by atoms with E-state index in [0.717, 1.165) is 12.8 Å². The fourth-order valence-electron chi connectivity index (χ4n) is 1.92. The first kappa shape index (κ1) is 10.6. The molecule has 2 heteroatoms. The molecule has 0 aromatic rings. The minimum atomic E-state index is 0.295. The van der Waals surface area contributed by atoms with Crippen LogP contribution in [0.3, 0.4) is 0 Å². The van der Waals surface area contributed by atoms with Crippen molar-refractivity contribution in [1.29, 1.82) is 0 Å². The van der Waals surface area contributed by atoms with Crippen LogP contribution >= 0.6 is 0 Å². The number of hydrogen-bond donors (Lipinski definition) is 0. The van der Waals surface area contributed by atoms with Crippen LogP contribution in [0.4, 0.5) is 0 Å². The van der Waals surface area contributed by atoms with E-state index in [1.165, 1.54) is 25.7 Å². The maximum absolute atomic E-state index is 11.7. The third-order valence-electron chi connectivity index (χ3n) is 2.71. The van der Waals surface area contributed by atoms with Gasteiger partial charge in [-0.05, 0) is 19.3 Å². The van der Waals surface area contributed by atoms with Gasteiger partial charge in [-0.15, -0.1) is 0 Å².